The second-order valence-corrected chi connectivity index (χ2v) is 14.1. The highest BCUT2D eigenvalue weighted by Crippen LogP contribution is 2.43. The Morgan fingerprint density at radius 2 is 1.87 bits per heavy atom. The van der Waals surface area contributed by atoms with Gasteiger partial charge in [-0.2, -0.15) is 0 Å². The summed E-state index contributed by atoms with van der Waals surface area (Å²) in [4.78, 5) is 5.57. The third kappa shape index (κ3) is 4.90. The maximum Gasteiger partial charge on any atom is 0.215 e. The van der Waals surface area contributed by atoms with Gasteiger partial charge < -0.3 is 9.47 Å². The van der Waals surface area contributed by atoms with E-state index in [-0.39, 0.29) is 5.25 Å². The zero-order chi connectivity index (χ0) is 26.7. The van der Waals surface area contributed by atoms with Crippen LogP contribution in [0.4, 0.5) is 0 Å². The van der Waals surface area contributed by atoms with Gasteiger partial charge in [-0.1, -0.05) is 48.0 Å². The molecule has 0 bridgehead atoms. The molecule has 1 saturated carbocycles. The molecule has 6 rings (SSSR count). The van der Waals surface area contributed by atoms with Crippen molar-refractivity contribution in [1.29, 1.82) is 0 Å². The fourth-order valence-electron chi connectivity index (χ4n) is 5.01. The van der Waals surface area contributed by atoms with Crippen molar-refractivity contribution in [2.45, 2.75) is 56.3 Å². The number of nitrogens with zero attached hydrogens (tertiary/aromatic N) is 1. The molecular weight excluding hydrogens is 540 g/mol. The van der Waals surface area contributed by atoms with Crippen molar-refractivity contribution < 1.29 is 17.9 Å². The van der Waals surface area contributed by atoms with E-state index >= 15 is 0 Å². The van der Waals surface area contributed by atoms with E-state index in [9.17, 15) is 8.42 Å². The van der Waals surface area contributed by atoms with Gasteiger partial charge in [-0.15, -0.1) is 11.3 Å². The van der Waals surface area contributed by atoms with E-state index in [1.54, 1.807) is 23.6 Å². The van der Waals surface area contributed by atoms with Crippen molar-refractivity contribution in [3.63, 3.8) is 0 Å². The molecule has 198 valence electrons. The van der Waals surface area contributed by atoms with Crippen LogP contribution < -0.4 is 4.72 Å². The van der Waals surface area contributed by atoms with E-state index < -0.39 is 27.5 Å². The lowest BCUT2D eigenvalue weighted by molar-refractivity contribution is -0.159. The number of rotatable bonds is 7. The summed E-state index contributed by atoms with van der Waals surface area (Å²) in [5, 5.41) is 1.21. The smallest absolute Gasteiger partial charge is 0.215 e. The Labute approximate surface area is 232 Å². The zero-order valence-electron chi connectivity index (χ0n) is 21.4. The predicted molar refractivity (Wildman–Crippen MR) is 152 cm³/mol. The minimum absolute atomic E-state index is 0.336. The van der Waals surface area contributed by atoms with Crippen LogP contribution in [0, 0.1) is 0 Å². The summed E-state index contributed by atoms with van der Waals surface area (Å²) in [6.45, 7) is 6.32. The largest absolute Gasteiger partial charge is 0.347 e. The molecule has 4 aromatic rings. The average Bonchev–Trinajstić information content (AvgIpc) is 3.60. The second kappa shape index (κ2) is 9.40. The number of aromatic nitrogens is 1. The van der Waals surface area contributed by atoms with Gasteiger partial charge in [0.15, 0.2) is 5.79 Å². The van der Waals surface area contributed by atoms with Crippen LogP contribution in [0.25, 0.3) is 21.3 Å². The number of benzene rings is 2. The Bertz CT molecular complexity index is 1630. The Hall–Kier alpha value is -2.33. The molecule has 2 aromatic heterocycles. The van der Waals surface area contributed by atoms with E-state index in [2.05, 4.69) is 16.9 Å². The predicted octanol–water partition coefficient (Wildman–Crippen LogP) is 6.79. The van der Waals surface area contributed by atoms with Crippen LogP contribution in [0.15, 0.2) is 66.9 Å². The average molecular weight is 569 g/mol. The summed E-state index contributed by atoms with van der Waals surface area (Å²) in [7, 11) is -3.47. The quantitative estimate of drug-likeness (QED) is 0.266. The van der Waals surface area contributed by atoms with Gasteiger partial charge in [-0.05, 0) is 74.4 Å². The van der Waals surface area contributed by atoms with E-state index in [0.29, 0.717) is 24.5 Å². The maximum absolute atomic E-state index is 13.0. The molecule has 6 nitrogen and oxygen atoms in total. The number of fused-ring (bicyclic) bond motifs is 1. The number of thiophene rings is 1. The van der Waals surface area contributed by atoms with Crippen LogP contribution in [0.1, 0.15) is 55.7 Å². The van der Waals surface area contributed by atoms with Crippen molar-refractivity contribution in [2.24, 2.45) is 0 Å². The molecule has 0 amide bonds. The van der Waals surface area contributed by atoms with Crippen molar-refractivity contribution >= 4 is 43.0 Å². The summed E-state index contributed by atoms with van der Waals surface area (Å²) in [6.07, 6.45) is 3.18. The van der Waals surface area contributed by atoms with Gasteiger partial charge >= 0.3 is 0 Å². The van der Waals surface area contributed by atoms with Crippen molar-refractivity contribution in [2.75, 3.05) is 6.61 Å². The second-order valence-electron chi connectivity index (χ2n) is 10.6. The molecule has 3 heterocycles. The first-order valence-corrected chi connectivity index (χ1v) is 15.4. The van der Waals surface area contributed by atoms with Crippen molar-refractivity contribution in [3.8, 4) is 11.3 Å². The number of nitrogens with one attached hydrogen (secondary N) is 1. The highest BCUT2D eigenvalue weighted by atomic mass is 35.5. The van der Waals surface area contributed by atoms with Gasteiger partial charge in [0, 0.05) is 26.4 Å². The molecule has 1 aliphatic heterocycles. The molecule has 1 saturated heterocycles. The van der Waals surface area contributed by atoms with E-state index in [0.717, 1.165) is 37.3 Å². The molecular formula is C29H29ClN2O4S2. The third-order valence-electron chi connectivity index (χ3n) is 7.12. The molecule has 1 aliphatic carbocycles. The monoisotopic (exact) mass is 568 g/mol. The third-order valence-corrected chi connectivity index (χ3v) is 10.6. The molecule has 2 aliphatic rings. The normalized spacial score (nSPS) is 22.1. The Balaban J connectivity index is 1.43. The highest BCUT2D eigenvalue weighted by Gasteiger charge is 2.43. The first-order valence-electron chi connectivity index (χ1n) is 12.6. The molecule has 2 aromatic carbocycles. The summed E-state index contributed by atoms with van der Waals surface area (Å²) in [6, 6.07) is 19.0. The maximum atomic E-state index is 13.0. The number of hydrogen-bond acceptors (Lipinski definition) is 6. The molecule has 1 unspecified atom stereocenters. The van der Waals surface area contributed by atoms with Crippen LogP contribution >= 0.6 is 22.9 Å². The topological polar surface area (TPSA) is 77.5 Å². The van der Waals surface area contributed by atoms with Gasteiger partial charge in [0.1, 0.15) is 5.60 Å². The minimum atomic E-state index is -3.47. The Morgan fingerprint density at radius 1 is 1.08 bits per heavy atom. The van der Waals surface area contributed by atoms with Gasteiger partial charge in [0.2, 0.25) is 10.0 Å². The molecule has 9 heteroatoms. The van der Waals surface area contributed by atoms with E-state index in [1.807, 2.05) is 63.2 Å². The molecule has 1 N–H and O–H groups in total. The van der Waals surface area contributed by atoms with Crippen LogP contribution in [0.2, 0.25) is 5.02 Å². The number of pyridine rings is 1. The minimum Gasteiger partial charge on any atom is -0.347 e. The van der Waals surface area contributed by atoms with E-state index in [4.69, 9.17) is 26.1 Å². The van der Waals surface area contributed by atoms with Crippen LogP contribution in [0.5, 0.6) is 0 Å². The van der Waals surface area contributed by atoms with Gasteiger partial charge in [0.05, 0.1) is 23.6 Å². The summed E-state index contributed by atoms with van der Waals surface area (Å²) in [5.41, 5.74) is 2.95. The van der Waals surface area contributed by atoms with Crippen molar-refractivity contribution in [3.05, 3.63) is 87.9 Å². The Morgan fingerprint density at radius 3 is 2.58 bits per heavy atom. The number of hydrogen-bond donors (Lipinski definition) is 1. The zero-order valence-corrected chi connectivity index (χ0v) is 23.8. The molecule has 38 heavy (non-hydrogen) atoms. The number of ether oxygens (including phenoxy) is 2. The van der Waals surface area contributed by atoms with Gasteiger partial charge in [-0.25, -0.2) is 13.1 Å². The lowest BCUT2D eigenvalue weighted by Crippen LogP contribution is -2.31. The SMILES string of the molecule is CC1(C)OC[C@@](C)(c2ccnc(-c3cccc4cc(C(NS(=O)(=O)C5CC5)c5ccccc5Cl)sc34)c2)O1. The summed E-state index contributed by atoms with van der Waals surface area (Å²) < 4.78 is 42.1. The first-order chi connectivity index (χ1) is 18.0. The Kier molecular flexibility index (Phi) is 6.41. The highest BCUT2D eigenvalue weighted by molar-refractivity contribution is 7.90. The van der Waals surface area contributed by atoms with Crippen LogP contribution in [0.3, 0.4) is 0 Å². The first kappa shape index (κ1) is 25.9. The van der Waals surface area contributed by atoms with E-state index in [1.165, 1.54) is 0 Å². The van der Waals surface area contributed by atoms with Gasteiger partial charge in [0.25, 0.3) is 0 Å². The molecule has 0 spiro atoms. The van der Waals surface area contributed by atoms with Gasteiger partial charge in [-0.3, -0.25) is 4.98 Å². The fourth-order valence-corrected chi connectivity index (χ4v) is 8.12. The number of sulfonamides is 1. The van der Waals surface area contributed by atoms with Crippen LogP contribution in [-0.2, 0) is 25.1 Å². The lowest BCUT2D eigenvalue weighted by atomic mass is 9.96. The summed E-state index contributed by atoms with van der Waals surface area (Å²) in [5.74, 6) is -0.650. The lowest BCUT2D eigenvalue weighted by Gasteiger charge is -2.25. The summed E-state index contributed by atoms with van der Waals surface area (Å²) >= 11 is 8.13. The molecule has 2 atom stereocenters. The number of halogens is 1. The van der Waals surface area contributed by atoms with Crippen molar-refractivity contribution in [1.82, 2.24) is 9.71 Å². The molecule has 0 radical (unpaired) electrons. The molecule has 2 fully saturated rings. The standard InChI is InChI=1S/C29H29ClN2O4S2/c1-28(2)35-17-29(3,36-28)19-13-14-31-24(16-19)22-9-6-7-18-15-25(37-27(18)22)26(21-8-4-5-10-23(21)30)32-38(33,34)20-11-12-20/h4-10,13-16,20,26,32H,11-12,17H2,1-3H3/t26?,29-/m0/s1. The fraction of sp³-hybridized carbons (Fsp3) is 0.345. The van der Waals surface area contributed by atoms with Crippen LogP contribution in [-0.4, -0.2) is 31.0 Å².